The highest BCUT2D eigenvalue weighted by Gasteiger charge is 2.32. The maximum atomic E-state index is 12.4. The predicted molar refractivity (Wildman–Crippen MR) is 73.5 cm³/mol. The number of rotatable bonds is 4. The van der Waals surface area contributed by atoms with Crippen LogP contribution in [0.15, 0.2) is 24.3 Å². The average Bonchev–Trinajstić information content (AvgIpc) is 2.47. The van der Waals surface area contributed by atoms with E-state index < -0.39 is 12.0 Å². The van der Waals surface area contributed by atoms with Gasteiger partial charge in [0.2, 0.25) is 0 Å². The Hall–Kier alpha value is -1.88. The summed E-state index contributed by atoms with van der Waals surface area (Å²) in [6, 6.07) is 6.41. The van der Waals surface area contributed by atoms with Crippen molar-refractivity contribution in [1.29, 1.82) is 0 Å². The van der Waals surface area contributed by atoms with E-state index >= 15 is 0 Å². The molecule has 108 valence electrons. The highest BCUT2D eigenvalue weighted by atomic mass is 16.5. The van der Waals surface area contributed by atoms with Crippen molar-refractivity contribution in [2.45, 2.75) is 31.9 Å². The molecule has 0 radical (unpaired) electrons. The molecule has 2 rings (SSSR count). The number of ether oxygens (including phenoxy) is 1. The van der Waals surface area contributed by atoms with Crippen molar-refractivity contribution in [2.75, 3.05) is 13.7 Å². The molecule has 5 heteroatoms. The zero-order chi connectivity index (χ0) is 14.5. The third kappa shape index (κ3) is 3.17. The molecule has 1 amide bonds. The normalized spacial score (nSPS) is 18.9. The van der Waals surface area contributed by atoms with Crippen LogP contribution < -0.4 is 0 Å². The van der Waals surface area contributed by atoms with Crippen LogP contribution in [0, 0.1) is 0 Å². The Morgan fingerprint density at radius 1 is 1.30 bits per heavy atom. The molecule has 1 aromatic rings. The minimum absolute atomic E-state index is 0.207. The lowest BCUT2D eigenvalue weighted by molar-refractivity contribution is -0.143. The molecule has 1 N–H and O–H groups in total. The summed E-state index contributed by atoms with van der Waals surface area (Å²) in [7, 11) is 1.62. The van der Waals surface area contributed by atoms with E-state index in [1.807, 2.05) is 12.1 Å². The molecule has 1 atom stereocenters. The maximum Gasteiger partial charge on any atom is 0.326 e. The van der Waals surface area contributed by atoms with Crippen LogP contribution in [0.25, 0.3) is 0 Å². The van der Waals surface area contributed by atoms with Crippen LogP contribution >= 0.6 is 0 Å². The molecule has 1 fully saturated rings. The van der Waals surface area contributed by atoms with Crippen LogP contribution in [0.3, 0.4) is 0 Å². The minimum Gasteiger partial charge on any atom is -0.480 e. The van der Waals surface area contributed by atoms with Gasteiger partial charge < -0.3 is 14.7 Å². The second-order valence-electron chi connectivity index (χ2n) is 4.98. The summed E-state index contributed by atoms with van der Waals surface area (Å²) in [5, 5.41) is 9.21. The first kappa shape index (κ1) is 14.5. The molecule has 1 aromatic carbocycles. The molecule has 0 spiro atoms. The van der Waals surface area contributed by atoms with Gasteiger partial charge in [0, 0.05) is 19.2 Å². The van der Waals surface area contributed by atoms with Crippen LogP contribution in [-0.4, -0.2) is 41.6 Å². The van der Waals surface area contributed by atoms with E-state index in [-0.39, 0.29) is 5.91 Å². The second-order valence-corrected chi connectivity index (χ2v) is 4.98. The molecule has 0 bridgehead atoms. The number of carbonyl (C=O) groups excluding carboxylic acids is 1. The first-order valence-electron chi connectivity index (χ1n) is 6.75. The highest BCUT2D eigenvalue weighted by Crippen LogP contribution is 2.20. The quantitative estimate of drug-likeness (QED) is 0.913. The molecule has 1 aliphatic heterocycles. The Labute approximate surface area is 118 Å². The zero-order valence-electron chi connectivity index (χ0n) is 11.5. The van der Waals surface area contributed by atoms with Crippen molar-refractivity contribution in [2.24, 2.45) is 0 Å². The molecule has 0 aliphatic carbocycles. The summed E-state index contributed by atoms with van der Waals surface area (Å²) in [5.74, 6) is -1.13. The highest BCUT2D eigenvalue weighted by molar-refractivity contribution is 5.96. The van der Waals surface area contributed by atoms with Gasteiger partial charge in [-0.15, -0.1) is 0 Å². The Morgan fingerprint density at radius 3 is 2.60 bits per heavy atom. The lowest BCUT2D eigenvalue weighted by atomic mass is 10.0. The number of carboxylic acid groups (broad SMARTS) is 1. The van der Waals surface area contributed by atoms with Crippen LogP contribution in [0.5, 0.6) is 0 Å². The van der Waals surface area contributed by atoms with Crippen molar-refractivity contribution in [3.63, 3.8) is 0 Å². The van der Waals surface area contributed by atoms with Crippen LogP contribution in [0.1, 0.15) is 35.2 Å². The summed E-state index contributed by atoms with van der Waals surface area (Å²) < 4.78 is 5.02. The molecule has 5 nitrogen and oxygen atoms in total. The summed E-state index contributed by atoms with van der Waals surface area (Å²) in [6.45, 7) is 1.01. The average molecular weight is 277 g/mol. The largest absolute Gasteiger partial charge is 0.480 e. The van der Waals surface area contributed by atoms with E-state index in [1.54, 1.807) is 19.2 Å². The van der Waals surface area contributed by atoms with Crippen molar-refractivity contribution in [1.82, 2.24) is 4.90 Å². The van der Waals surface area contributed by atoms with Crippen LogP contribution in [-0.2, 0) is 16.1 Å². The van der Waals surface area contributed by atoms with Gasteiger partial charge in [0.1, 0.15) is 6.04 Å². The van der Waals surface area contributed by atoms with Gasteiger partial charge in [-0.2, -0.15) is 0 Å². The van der Waals surface area contributed by atoms with Gasteiger partial charge in [0.25, 0.3) is 5.91 Å². The van der Waals surface area contributed by atoms with Crippen molar-refractivity contribution in [3.8, 4) is 0 Å². The van der Waals surface area contributed by atoms with Gasteiger partial charge in [-0.25, -0.2) is 4.79 Å². The smallest absolute Gasteiger partial charge is 0.326 e. The monoisotopic (exact) mass is 277 g/mol. The van der Waals surface area contributed by atoms with Gasteiger partial charge in [0.05, 0.1) is 6.61 Å². The molecule has 0 saturated carbocycles. The Kier molecular flexibility index (Phi) is 4.74. The number of aliphatic carboxylic acids is 1. The number of benzene rings is 1. The fraction of sp³-hybridized carbons (Fsp3) is 0.467. The maximum absolute atomic E-state index is 12.4. The van der Waals surface area contributed by atoms with E-state index in [0.29, 0.717) is 25.1 Å². The van der Waals surface area contributed by atoms with E-state index in [1.165, 1.54) is 4.90 Å². The summed E-state index contributed by atoms with van der Waals surface area (Å²) in [6.07, 6.45) is 2.24. The summed E-state index contributed by atoms with van der Waals surface area (Å²) in [4.78, 5) is 25.1. The molecule has 0 aromatic heterocycles. The van der Waals surface area contributed by atoms with Gasteiger partial charge in [-0.1, -0.05) is 12.1 Å². The van der Waals surface area contributed by atoms with E-state index in [9.17, 15) is 14.7 Å². The summed E-state index contributed by atoms with van der Waals surface area (Å²) in [5.41, 5.74) is 1.51. The molecule has 1 saturated heterocycles. The third-order valence-electron chi connectivity index (χ3n) is 3.56. The Bertz CT molecular complexity index is 483. The zero-order valence-corrected chi connectivity index (χ0v) is 11.5. The molecule has 1 heterocycles. The second kappa shape index (κ2) is 6.52. The molecule has 0 unspecified atom stereocenters. The number of amides is 1. The van der Waals surface area contributed by atoms with Crippen molar-refractivity contribution in [3.05, 3.63) is 35.4 Å². The fourth-order valence-corrected chi connectivity index (χ4v) is 2.51. The number of hydrogen-bond acceptors (Lipinski definition) is 3. The van der Waals surface area contributed by atoms with Crippen LogP contribution in [0.2, 0.25) is 0 Å². The van der Waals surface area contributed by atoms with E-state index in [2.05, 4.69) is 0 Å². The van der Waals surface area contributed by atoms with E-state index in [4.69, 9.17) is 4.74 Å². The lowest BCUT2D eigenvalue weighted by Gasteiger charge is -2.33. The third-order valence-corrected chi connectivity index (χ3v) is 3.56. The molecule has 20 heavy (non-hydrogen) atoms. The number of hydrogen-bond donors (Lipinski definition) is 1. The first-order valence-corrected chi connectivity index (χ1v) is 6.75. The van der Waals surface area contributed by atoms with Crippen LogP contribution in [0.4, 0.5) is 0 Å². The first-order chi connectivity index (χ1) is 9.63. The Morgan fingerprint density at radius 2 is 2.00 bits per heavy atom. The number of methoxy groups -OCH3 is 1. The standard InChI is InChI=1S/C15H19NO4/c1-20-10-11-5-7-12(8-6-11)14(17)16-9-3-2-4-13(16)15(18)19/h5-8,13H,2-4,9-10H2,1H3,(H,18,19)/t13-/m1/s1. The van der Waals surface area contributed by atoms with Gasteiger partial charge in [0.15, 0.2) is 0 Å². The number of piperidine rings is 1. The van der Waals surface area contributed by atoms with E-state index in [0.717, 1.165) is 18.4 Å². The predicted octanol–water partition coefficient (Wildman–Crippen LogP) is 1.91. The Balaban J connectivity index is 2.14. The minimum atomic E-state index is -0.922. The molecular weight excluding hydrogens is 258 g/mol. The number of likely N-dealkylation sites (tertiary alicyclic amines) is 1. The number of carboxylic acids is 1. The SMILES string of the molecule is COCc1ccc(C(=O)N2CCCC[C@@H]2C(=O)O)cc1. The fourth-order valence-electron chi connectivity index (χ4n) is 2.51. The summed E-state index contributed by atoms with van der Waals surface area (Å²) >= 11 is 0. The number of nitrogens with zero attached hydrogens (tertiary/aromatic N) is 1. The topological polar surface area (TPSA) is 66.8 Å². The molecule has 1 aliphatic rings. The lowest BCUT2D eigenvalue weighted by Crippen LogP contribution is -2.47. The number of carbonyl (C=O) groups is 2. The van der Waals surface area contributed by atoms with Gasteiger partial charge in [-0.05, 0) is 37.0 Å². The molecular formula is C15H19NO4. The van der Waals surface area contributed by atoms with Crippen molar-refractivity contribution >= 4 is 11.9 Å². The van der Waals surface area contributed by atoms with Gasteiger partial charge >= 0.3 is 5.97 Å². The van der Waals surface area contributed by atoms with Crippen molar-refractivity contribution < 1.29 is 19.4 Å². The van der Waals surface area contributed by atoms with Gasteiger partial charge in [-0.3, -0.25) is 4.79 Å².